The first-order chi connectivity index (χ1) is 10.2. The largest absolute Gasteiger partial charge is 0.467 e. The van der Waals surface area contributed by atoms with Crippen molar-refractivity contribution in [2.24, 2.45) is 0 Å². The van der Waals surface area contributed by atoms with Gasteiger partial charge in [-0.25, -0.2) is 0 Å². The molecule has 2 aromatic heterocycles. The molecular formula is C16H13Cl2NOS. The summed E-state index contributed by atoms with van der Waals surface area (Å²) >= 11 is 13.5. The van der Waals surface area contributed by atoms with Crippen molar-refractivity contribution in [3.63, 3.8) is 0 Å². The summed E-state index contributed by atoms with van der Waals surface area (Å²) in [4.78, 5) is 1.13. The molecule has 0 spiro atoms. The summed E-state index contributed by atoms with van der Waals surface area (Å²) in [7, 11) is 0. The molecule has 0 aliphatic rings. The van der Waals surface area contributed by atoms with Crippen LogP contribution in [0.1, 0.15) is 22.2 Å². The van der Waals surface area contributed by atoms with Crippen molar-refractivity contribution in [3.05, 3.63) is 80.4 Å². The third kappa shape index (κ3) is 3.69. The maximum Gasteiger partial charge on any atom is 0.126 e. The Morgan fingerprint density at radius 3 is 2.48 bits per heavy atom. The second-order valence-corrected chi connectivity index (χ2v) is 6.78. The zero-order chi connectivity index (χ0) is 14.7. The highest BCUT2D eigenvalue weighted by atomic mass is 35.5. The standard InChI is InChI=1S/C16H13Cl2NOS/c17-12-5-3-11(4-6-12)10-19-16(13-2-1-9-20-13)14-7-8-15(18)21-14/h1-9,16,19H,10H2. The number of hydrogen-bond donors (Lipinski definition) is 1. The Hall–Kier alpha value is -1.26. The molecule has 1 unspecified atom stereocenters. The highest BCUT2D eigenvalue weighted by molar-refractivity contribution is 7.16. The molecule has 0 fully saturated rings. The van der Waals surface area contributed by atoms with Gasteiger partial charge in [-0.15, -0.1) is 11.3 Å². The van der Waals surface area contributed by atoms with E-state index >= 15 is 0 Å². The van der Waals surface area contributed by atoms with Gasteiger partial charge < -0.3 is 4.42 Å². The van der Waals surface area contributed by atoms with Crippen LogP contribution in [0.4, 0.5) is 0 Å². The first kappa shape index (κ1) is 14.7. The average Bonchev–Trinajstić information content (AvgIpc) is 3.13. The van der Waals surface area contributed by atoms with Crippen molar-refractivity contribution in [2.45, 2.75) is 12.6 Å². The fraction of sp³-hybridized carbons (Fsp3) is 0.125. The summed E-state index contributed by atoms with van der Waals surface area (Å²) in [5.74, 6) is 0.877. The summed E-state index contributed by atoms with van der Waals surface area (Å²) in [6, 6.07) is 15.6. The summed E-state index contributed by atoms with van der Waals surface area (Å²) in [6.07, 6.45) is 1.68. The molecular weight excluding hydrogens is 325 g/mol. The summed E-state index contributed by atoms with van der Waals surface area (Å²) in [5, 5.41) is 4.24. The summed E-state index contributed by atoms with van der Waals surface area (Å²) in [6.45, 7) is 0.720. The van der Waals surface area contributed by atoms with Crippen LogP contribution in [0.5, 0.6) is 0 Å². The lowest BCUT2D eigenvalue weighted by molar-refractivity contribution is 0.449. The number of benzene rings is 1. The van der Waals surface area contributed by atoms with Crippen LogP contribution in [0.15, 0.2) is 59.2 Å². The fourth-order valence-electron chi connectivity index (χ4n) is 2.10. The van der Waals surface area contributed by atoms with Gasteiger partial charge in [0.2, 0.25) is 0 Å². The Morgan fingerprint density at radius 2 is 1.86 bits per heavy atom. The summed E-state index contributed by atoms with van der Waals surface area (Å²) in [5.41, 5.74) is 1.17. The lowest BCUT2D eigenvalue weighted by Crippen LogP contribution is -2.20. The van der Waals surface area contributed by atoms with Crippen LogP contribution in [0.25, 0.3) is 0 Å². The van der Waals surface area contributed by atoms with Crippen LogP contribution in [-0.2, 0) is 6.54 Å². The molecule has 108 valence electrons. The van der Waals surface area contributed by atoms with Gasteiger partial charge in [0.05, 0.1) is 10.6 Å². The van der Waals surface area contributed by atoms with Crippen LogP contribution in [-0.4, -0.2) is 0 Å². The molecule has 0 saturated carbocycles. The van der Waals surface area contributed by atoms with Gasteiger partial charge in [0.15, 0.2) is 0 Å². The van der Waals surface area contributed by atoms with Crippen molar-refractivity contribution < 1.29 is 4.42 Å². The van der Waals surface area contributed by atoms with Crippen molar-refractivity contribution in [2.75, 3.05) is 0 Å². The Labute approximate surface area is 137 Å². The molecule has 0 aliphatic heterocycles. The van der Waals surface area contributed by atoms with Crippen molar-refractivity contribution >= 4 is 34.5 Å². The zero-order valence-electron chi connectivity index (χ0n) is 11.1. The molecule has 5 heteroatoms. The van der Waals surface area contributed by atoms with Crippen molar-refractivity contribution in [1.29, 1.82) is 0 Å². The maximum absolute atomic E-state index is 6.05. The first-order valence-electron chi connectivity index (χ1n) is 6.49. The van der Waals surface area contributed by atoms with Gasteiger partial charge in [0.1, 0.15) is 11.8 Å². The number of nitrogens with one attached hydrogen (secondary N) is 1. The molecule has 2 heterocycles. The first-order valence-corrected chi connectivity index (χ1v) is 8.06. The highest BCUT2D eigenvalue weighted by Gasteiger charge is 2.18. The maximum atomic E-state index is 6.05. The monoisotopic (exact) mass is 337 g/mol. The predicted octanol–water partition coefficient (Wildman–Crippen LogP) is 5.53. The second-order valence-electron chi connectivity index (χ2n) is 4.60. The Bertz CT molecular complexity index is 691. The van der Waals surface area contributed by atoms with Crippen LogP contribution in [0.3, 0.4) is 0 Å². The number of furan rings is 1. The summed E-state index contributed by atoms with van der Waals surface area (Å²) < 4.78 is 6.32. The molecule has 0 bridgehead atoms. The van der Waals surface area contributed by atoms with E-state index in [2.05, 4.69) is 5.32 Å². The molecule has 0 radical (unpaired) electrons. The molecule has 0 amide bonds. The van der Waals surface area contributed by atoms with Gasteiger partial charge in [-0.2, -0.15) is 0 Å². The minimum absolute atomic E-state index is 0.00632. The van der Waals surface area contributed by atoms with Gasteiger partial charge in [-0.05, 0) is 42.0 Å². The Morgan fingerprint density at radius 1 is 1.05 bits per heavy atom. The van der Waals surface area contributed by atoms with Crippen LogP contribution in [0.2, 0.25) is 9.36 Å². The Kier molecular flexibility index (Phi) is 4.66. The van der Waals surface area contributed by atoms with Crippen LogP contribution >= 0.6 is 34.5 Å². The normalized spacial score (nSPS) is 12.5. The van der Waals surface area contributed by atoms with Crippen molar-refractivity contribution in [3.8, 4) is 0 Å². The van der Waals surface area contributed by atoms with E-state index in [1.807, 2.05) is 48.5 Å². The highest BCUT2D eigenvalue weighted by Crippen LogP contribution is 2.31. The minimum atomic E-state index is -0.00632. The number of rotatable bonds is 5. The average molecular weight is 338 g/mol. The second kappa shape index (κ2) is 6.67. The zero-order valence-corrected chi connectivity index (χ0v) is 13.4. The molecule has 2 nitrogen and oxygen atoms in total. The van der Waals surface area contributed by atoms with Crippen LogP contribution in [0, 0.1) is 0 Å². The SMILES string of the molecule is Clc1ccc(CNC(c2ccco2)c2ccc(Cl)s2)cc1. The molecule has 21 heavy (non-hydrogen) atoms. The fourth-order valence-corrected chi connectivity index (χ4v) is 3.37. The van der Waals surface area contributed by atoms with Gasteiger partial charge in [-0.1, -0.05) is 35.3 Å². The third-order valence-corrected chi connectivity index (χ3v) is 4.68. The number of hydrogen-bond acceptors (Lipinski definition) is 3. The van der Waals surface area contributed by atoms with Gasteiger partial charge in [-0.3, -0.25) is 5.32 Å². The quantitative estimate of drug-likeness (QED) is 0.662. The number of thiophene rings is 1. The predicted molar refractivity (Wildman–Crippen MR) is 88.2 cm³/mol. The molecule has 3 aromatic rings. The van der Waals surface area contributed by atoms with E-state index in [9.17, 15) is 0 Å². The van der Waals surface area contributed by atoms with E-state index in [0.717, 1.165) is 26.5 Å². The molecule has 3 rings (SSSR count). The van der Waals surface area contributed by atoms with E-state index in [-0.39, 0.29) is 6.04 Å². The van der Waals surface area contributed by atoms with E-state index < -0.39 is 0 Å². The topological polar surface area (TPSA) is 25.2 Å². The minimum Gasteiger partial charge on any atom is -0.467 e. The molecule has 0 aliphatic carbocycles. The number of halogens is 2. The molecule has 1 atom stereocenters. The van der Waals surface area contributed by atoms with E-state index in [4.69, 9.17) is 27.6 Å². The Balaban J connectivity index is 1.78. The van der Waals surface area contributed by atoms with Gasteiger partial charge >= 0.3 is 0 Å². The molecule has 1 aromatic carbocycles. The van der Waals surface area contributed by atoms with Gasteiger partial charge in [0, 0.05) is 16.4 Å². The lowest BCUT2D eigenvalue weighted by atomic mass is 10.1. The van der Waals surface area contributed by atoms with E-state index in [1.54, 1.807) is 17.6 Å². The van der Waals surface area contributed by atoms with E-state index in [1.165, 1.54) is 5.56 Å². The van der Waals surface area contributed by atoms with E-state index in [0.29, 0.717) is 0 Å². The van der Waals surface area contributed by atoms with Gasteiger partial charge in [0.25, 0.3) is 0 Å². The van der Waals surface area contributed by atoms with Crippen molar-refractivity contribution in [1.82, 2.24) is 5.32 Å². The molecule has 1 N–H and O–H groups in total. The smallest absolute Gasteiger partial charge is 0.126 e. The van der Waals surface area contributed by atoms with Crippen LogP contribution < -0.4 is 5.32 Å². The lowest BCUT2D eigenvalue weighted by Gasteiger charge is -2.15. The third-order valence-electron chi connectivity index (χ3n) is 3.13. The molecule has 0 saturated heterocycles.